The van der Waals surface area contributed by atoms with Crippen LogP contribution in [0.3, 0.4) is 0 Å². The molecule has 0 amide bonds. The molecule has 0 aliphatic rings. The summed E-state index contributed by atoms with van der Waals surface area (Å²) in [5, 5.41) is 13.0. The van der Waals surface area contributed by atoms with E-state index in [-0.39, 0.29) is 30.4 Å². The molecule has 0 saturated carbocycles. The van der Waals surface area contributed by atoms with Gasteiger partial charge in [-0.3, -0.25) is 4.98 Å². The van der Waals surface area contributed by atoms with Gasteiger partial charge in [-0.2, -0.15) is 0 Å². The number of pyridine rings is 1. The second kappa shape index (κ2) is 7.85. The van der Waals surface area contributed by atoms with E-state index in [1.54, 1.807) is 6.20 Å². The van der Waals surface area contributed by atoms with E-state index in [2.05, 4.69) is 31.1 Å². The van der Waals surface area contributed by atoms with Crippen LogP contribution in [-0.4, -0.2) is 22.2 Å². The van der Waals surface area contributed by atoms with Crippen LogP contribution in [0.4, 0.5) is 0 Å². The van der Waals surface area contributed by atoms with E-state index in [0.717, 1.165) is 0 Å². The average Bonchev–Trinajstić information content (AvgIpc) is 2.14. The molecule has 0 aliphatic heterocycles. The molecule has 1 atom stereocenters. The van der Waals surface area contributed by atoms with E-state index in [1.165, 1.54) is 0 Å². The predicted molar refractivity (Wildman–Crippen MR) is 71.4 cm³/mol. The minimum absolute atomic E-state index is 0. The Balaban J connectivity index is 0. The van der Waals surface area contributed by atoms with Crippen LogP contribution in [0.1, 0.15) is 32.6 Å². The number of nitrogens with zero attached hydrogens (tertiary/aromatic N) is 1. The summed E-state index contributed by atoms with van der Waals surface area (Å²) in [4.78, 5) is 4.09. The fourth-order valence-corrected chi connectivity index (χ4v) is 1.08. The van der Waals surface area contributed by atoms with Crippen LogP contribution < -0.4 is 5.32 Å². The zero-order chi connectivity index (χ0) is 10.6. The molecule has 16 heavy (non-hydrogen) atoms. The van der Waals surface area contributed by atoms with E-state index in [1.807, 2.05) is 18.2 Å². The van der Waals surface area contributed by atoms with Crippen molar-refractivity contribution in [2.75, 3.05) is 6.54 Å². The fourth-order valence-electron chi connectivity index (χ4n) is 1.08. The SMILES string of the molecule is CC(C)(C)NCC(O)c1ccccn1.Cl.Cl. The van der Waals surface area contributed by atoms with Crippen molar-refractivity contribution in [3.63, 3.8) is 0 Å². The molecule has 1 aromatic heterocycles. The predicted octanol–water partition coefficient (Wildman–Crippen LogP) is 2.35. The minimum Gasteiger partial charge on any atom is -0.385 e. The summed E-state index contributed by atoms with van der Waals surface area (Å²) in [5.74, 6) is 0. The van der Waals surface area contributed by atoms with Crippen molar-refractivity contribution in [1.82, 2.24) is 10.3 Å². The highest BCUT2D eigenvalue weighted by atomic mass is 35.5. The Morgan fingerprint density at radius 1 is 1.31 bits per heavy atom. The Hall–Kier alpha value is -0.350. The molecule has 3 nitrogen and oxygen atoms in total. The number of aliphatic hydroxyl groups is 1. The van der Waals surface area contributed by atoms with E-state index in [9.17, 15) is 5.11 Å². The highest BCUT2D eigenvalue weighted by Gasteiger charge is 2.13. The van der Waals surface area contributed by atoms with Crippen LogP contribution in [0.25, 0.3) is 0 Å². The zero-order valence-corrected chi connectivity index (χ0v) is 11.4. The van der Waals surface area contributed by atoms with Crippen LogP contribution in [0.15, 0.2) is 24.4 Å². The maximum Gasteiger partial charge on any atom is 0.108 e. The summed E-state index contributed by atoms with van der Waals surface area (Å²) in [7, 11) is 0. The van der Waals surface area contributed by atoms with Gasteiger partial charge in [0.2, 0.25) is 0 Å². The summed E-state index contributed by atoms with van der Waals surface area (Å²) in [6.07, 6.45) is 1.16. The topological polar surface area (TPSA) is 45.1 Å². The van der Waals surface area contributed by atoms with Gasteiger partial charge in [0, 0.05) is 18.3 Å². The summed E-state index contributed by atoms with van der Waals surface area (Å²) in [5.41, 5.74) is 0.736. The Morgan fingerprint density at radius 2 is 1.94 bits per heavy atom. The monoisotopic (exact) mass is 266 g/mol. The summed E-state index contributed by atoms with van der Waals surface area (Å²) >= 11 is 0. The minimum atomic E-state index is -0.532. The molecular formula is C11H20Cl2N2O. The quantitative estimate of drug-likeness (QED) is 0.883. The van der Waals surface area contributed by atoms with Gasteiger partial charge in [-0.05, 0) is 32.9 Å². The smallest absolute Gasteiger partial charge is 0.108 e. The van der Waals surface area contributed by atoms with Gasteiger partial charge in [0.05, 0.1) is 5.69 Å². The number of halogens is 2. The van der Waals surface area contributed by atoms with Crippen LogP contribution in [0.5, 0.6) is 0 Å². The Labute approximate surface area is 109 Å². The van der Waals surface area contributed by atoms with E-state index in [0.29, 0.717) is 12.2 Å². The lowest BCUT2D eigenvalue weighted by Crippen LogP contribution is -2.38. The van der Waals surface area contributed by atoms with Gasteiger partial charge < -0.3 is 10.4 Å². The van der Waals surface area contributed by atoms with Gasteiger partial charge in [-0.1, -0.05) is 6.07 Å². The first-order valence-electron chi connectivity index (χ1n) is 4.83. The summed E-state index contributed by atoms with van der Waals surface area (Å²) in [6.45, 7) is 6.73. The molecule has 1 rings (SSSR count). The van der Waals surface area contributed by atoms with Gasteiger partial charge in [0.15, 0.2) is 0 Å². The van der Waals surface area contributed by atoms with Gasteiger partial charge in [0.1, 0.15) is 6.10 Å². The number of hydrogen-bond acceptors (Lipinski definition) is 3. The van der Waals surface area contributed by atoms with E-state index < -0.39 is 6.10 Å². The lowest BCUT2D eigenvalue weighted by Gasteiger charge is -2.22. The zero-order valence-electron chi connectivity index (χ0n) is 9.80. The summed E-state index contributed by atoms with van der Waals surface area (Å²) in [6, 6.07) is 5.55. The molecular weight excluding hydrogens is 247 g/mol. The Kier molecular flexibility index (Phi) is 8.84. The standard InChI is InChI=1S/C11H18N2O.2ClH/c1-11(2,3)13-8-10(14)9-6-4-5-7-12-9;;/h4-7,10,13-14H,8H2,1-3H3;2*1H. The second-order valence-corrected chi connectivity index (χ2v) is 4.40. The third-order valence-corrected chi connectivity index (χ3v) is 1.85. The van der Waals surface area contributed by atoms with Crippen LogP contribution in [-0.2, 0) is 0 Å². The van der Waals surface area contributed by atoms with Crippen LogP contribution in [0, 0.1) is 0 Å². The first kappa shape index (κ1) is 18.0. The normalized spacial score (nSPS) is 12.2. The molecule has 0 saturated heterocycles. The first-order chi connectivity index (χ1) is 6.49. The molecule has 0 aromatic carbocycles. The Morgan fingerprint density at radius 3 is 2.38 bits per heavy atom. The van der Waals surface area contributed by atoms with Crippen molar-refractivity contribution in [2.45, 2.75) is 32.4 Å². The third-order valence-electron chi connectivity index (χ3n) is 1.85. The molecule has 0 aliphatic carbocycles. The number of aromatic nitrogens is 1. The first-order valence-corrected chi connectivity index (χ1v) is 4.83. The molecule has 94 valence electrons. The second-order valence-electron chi connectivity index (χ2n) is 4.40. The van der Waals surface area contributed by atoms with Crippen molar-refractivity contribution in [1.29, 1.82) is 0 Å². The lowest BCUT2D eigenvalue weighted by molar-refractivity contribution is 0.159. The molecule has 1 aromatic rings. The van der Waals surface area contributed by atoms with Crippen molar-refractivity contribution < 1.29 is 5.11 Å². The molecule has 0 bridgehead atoms. The molecule has 2 N–H and O–H groups in total. The van der Waals surface area contributed by atoms with Gasteiger partial charge in [-0.15, -0.1) is 24.8 Å². The molecule has 5 heteroatoms. The molecule has 1 heterocycles. The van der Waals surface area contributed by atoms with Crippen LogP contribution in [0.2, 0.25) is 0 Å². The van der Waals surface area contributed by atoms with Gasteiger partial charge in [-0.25, -0.2) is 0 Å². The van der Waals surface area contributed by atoms with Crippen molar-refractivity contribution in [3.8, 4) is 0 Å². The number of rotatable bonds is 3. The molecule has 1 unspecified atom stereocenters. The largest absolute Gasteiger partial charge is 0.385 e. The summed E-state index contributed by atoms with van der Waals surface area (Å²) < 4.78 is 0. The van der Waals surface area contributed by atoms with Crippen molar-refractivity contribution >= 4 is 24.8 Å². The maximum atomic E-state index is 9.76. The van der Waals surface area contributed by atoms with Crippen molar-refractivity contribution in [2.24, 2.45) is 0 Å². The van der Waals surface area contributed by atoms with E-state index >= 15 is 0 Å². The van der Waals surface area contributed by atoms with Crippen molar-refractivity contribution in [3.05, 3.63) is 30.1 Å². The Bertz CT molecular complexity index is 275. The maximum absolute atomic E-state index is 9.76. The number of hydrogen-bond donors (Lipinski definition) is 2. The lowest BCUT2D eigenvalue weighted by atomic mass is 10.1. The van der Waals surface area contributed by atoms with Gasteiger partial charge >= 0.3 is 0 Å². The third kappa shape index (κ3) is 7.01. The average molecular weight is 267 g/mol. The highest BCUT2D eigenvalue weighted by molar-refractivity contribution is 5.85. The highest BCUT2D eigenvalue weighted by Crippen LogP contribution is 2.09. The molecule has 0 fully saturated rings. The fraction of sp³-hybridized carbons (Fsp3) is 0.545. The molecule has 0 spiro atoms. The van der Waals surface area contributed by atoms with E-state index in [4.69, 9.17) is 0 Å². The van der Waals surface area contributed by atoms with Gasteiger partial charge in [0.25, 0.3) is 0 Å². The number of nitrogens with one attached hydrogen (secondary N) is 1. The number of β-amino-alcohol motifs (C(OH)–C–C–N with tert-alkyl or cyclic N) is 1. The molecule has 0 radical (unpaired) electrons. The van der Waals surface area contributed by atoms with Crippen LogP contribution >= 0.6 is 24.8 Å². The number of aliphatic hydroxyl groups excluding tert-OH is 1.